The lowest BCUT2D eigenvalue weighted by Gasteiger charge is -2.66. The molecule has 41 heavy (non-hydrogen) atoms. The van der Waals surface area contributed by atoms with E-state index in [1.807, 2.05) is 39.8 Å². The number of ketones is 2. The Morgan fingerprint density at radius 2 is 1.66 bits per heavy atom. The molecule has 0 saturated heterocycles. The highest BCUT2D eigenvalue weighted by Crippen LogP contribution is 2.73. The van der Waals surface area contributed by atoms with Crippen LogP contribution < -0.4 is 0 Å². The first kappa shape index (κ1) is 30.9. The van der Waals surface area contributed by atoms with Crippen LogP contribution in [0.3, 0.4) is 0 Å². The zero-order chi connectivity index (χ0) is 30.7. The normalized spacial score (nSPS) is 40.6. The lowest BCUT2D eigenvalue weighted by molar-refractivity contribution is -0.207. The minimum Gasteiger partial charge on any atom is -0.478 e. The van der Waals surface area contributed by atoms with E-state index in [-0.39, 0.29) is 41.8 Å². The van der Waals surface area contributed by atoms with Crippen molar-refractivity contribution in [2.75, 3.05) is 0 Å². The van der Waals surface area contributed by atoms with Crippen LogP contribution in [0.15, 0.2) is 34.9 Å². The molecular formula is C33H44O8. The van der Waals surface area contributed by atoms with Crippen LogP contribution in [0.5, 0.6) is 0 Å². The molecule has 9 atom stereocenters. The van der Waals surface area contributed by atoms with Crippen LogP contribution in [0.2, 0.25) is 0 Å². The number of esters is 2. The number of carboxylic acids is 1. The molecule has 3 fully saturated rings. The van der Waals surface area contributed by atoms with Gasteiger partial charge in [-0.2, -0.15) is 0 Å². The molecule has 1 N–H and O–H groups in total. The summed E-state index contributed by atoms with van der Waals surface area (Å²) in [6.07, 6.45) is 5.95. The van der Waals surface area contributed by atoms with Gasteiger partial charge in [0.2, 0.25) is 0 Å². The van der Waals surface area contributed by atoms with Gasteiger partial charge in [0.25, 0.3) is 0 Å². The van der Waals surface area contributed by atoms with Gasteiger partial charge < -0.3 is 14.6 Å². The second-order valence-corrected chi connectivity index (χ2v) is 13.5. The smallest absolute Gasteiger partial charge is 0.331 e. The quantitative estimate of drug-likeness (QED) is 0.257. The molecule has 0 spiro atoms. The Kier molecular flexibility index (Phi) is 8.04. The molecule has 3 saturated carbocycles. The van der Waals surface area contributed by atoms with E-state index >= 15 is 0 Å². The highest BCUT2D eigenvalue weighted by Gasteiger charge is 2.74. The van der Waals surface area contributed by atoms with Gasteiger partial charge in [-0.1, -0.05) is 45.4 Å². The Balaban J connectivity index is 1.93. The molecule has 0 aliphatic heterocycles. The summed E-state index contributed by atoms with van der Waals surface area (Å²) in [5.74, 6) is -3.98. The average molecular weight is 569 g/mol. The van der Waals surface area contributed by atoms with E-state index in [0.29, 0.717) is 24.8 Å². The third-order valence-corrected chi connectivity index (χ3v) is 11.0. The molecule has 0 bridgehead atoms. The van der Waals surface area contributed by atoms with Gasteiger partial charge in [0.1, 0.15) is 6.10 Å². The molecule has 4 rings (SSSR count). The van der Waals surface area contributed by atoms with Crippen LogP contribution in [0.25, 0.3) is 0 Å². The molecular weight excluding hydrogens is 524 g/mol. The number of Topliss-reactive ketones (excluding diaryl/α,β-unsaturated/α-hetero) is 1. The largest absolute Gasteiger partial charge is 0.478 e. The van der Waals surface area contributed by atoms with E-state index in [9.17, 15) is 29.1 Å². The van der Waals surface area contributed by atoms with Crippen molar-refractivity contribution in [3.05, 3.63) is 34.9 Å². The Labute approximate surface area is 242 Å². The highest BCUT2D eigenvalue weighted by molar-refractivity contribution is 5.98. The minimum atomic E-state index is -1.12. The number of allylic oxidation sites excluding steroid dienone is 4. The molecule has 0 aromatic rings. The molecule has 0 radical (unpaired) electrons. The summed E-state index contributed by atoms with van der Waals surface area (Å²) in [5.41, 5.74) is -0.526. The standard InChI is InChI=1S/C33H44O8/c1-17(2)10-9-11-21(30(38)39)26-22-12-13-25-31(6)15-14-23(36)18(3)27(31)28(41-20(5)35)29(37)33(25,8)32(22,7)16-24(26)40-19(4)34/h10,14-15,18,22,24-25,27-28H,9,11-13,16H2,1-8H3,(H,38,39)/b26-21-/t18?,22?,24-,25?,27?,28-,31+,32-,33?/m0/s1. The van der Waals surface area contributed by atoms with Crippen LogP contribution in [0, 0.1) is 39.9 Å². The number of rotatable bonds is 6. The summed E-state index contributed by atoms with van der Waals surface area (Å²) < 4.78 is 11.6. The Morgan fingerprint density at radius 1 is 1.02 bits per heavy atom. The second kappa shape index (κ2) is 10.7. The van der Waals surface area contributed by atoms with Gasteiger partial charge in [-0.3, -0.25) is 19.2 Å². The zero-order valence-corrected chi connectivity index (χ0v) is 25.5. The molecule has 0 aromatic carbocycles. The summed E-state index contributed by atoms with van der Waals surface area (Å²) >= 11 is 0. The number of hydrogen-bond donors (Lipinski definition) is 1. The highest BCUT2D eigenvalue weighted by atomic mass is 16.5. The van der Waals surface area contributed by atoms with Crippen molar-refractivity contribution < 1.29 is 38.6 Å². The summed E-state index contributed by atoms with van der Waals surface area (Å²) in [4.78, 5) is 64.9. The molecule has 5 unspecified atom stereocenters. The van der Waals surface area contributed by atoms with E-state index in [1.165, 1.54) is 13.8 Å². The first-order chi connectivity index (χ1) is 19.0. The van der Waals surface area contributed by atoms with Crippen molar-refractivity contribution in [2.24, 2.45) is 39.9 Å². The Hall–Kier alpha value is -3.03. The van der Waals surface area contributed by atoms with Crippen molar-refractivity contribution in [1.82, 2.24) is 0 Å². The van der Waals surface area contributed by atoms with Gasteiger partial charge in [0.15, 0.2) is 17.7 Å². The van der Waals surface area contributed by atoms with Crippen LogP contribution in [-0.4, -0.2) is 46.8 Å². The van der Waals surface area contributed by atoms with Crippen molar-refractivity contribution in [3.8, 4) is 0 Å². The molecule has 4 aliphatic rings. The Morgan fingerprint density at radius 3 is 2.22 bits per heavy atom. The molecule has 0 heterocycles. The van der Waals surface area contributed by atoms with E-state index in [1.54, 1.807) is 13.0 Å². The van der Waals surface area contributed by atoms with Crippen molar-refractivity contribution in [1.29, 1.82) is 0 Å². The third-order valence-electron chi connectivity index (χ3n) is 11.0. The lowest BCUT2D eigenvalue weighted by Crippen LogP contribution is -2.69. The SMILES string of the molecule is CC(=O)O[C@H]1C[C@@]2(C)C(CCC3C2(C)C(=O)[C@@H](OC(C)=O)C2C(C)C(=O)C=C[C@@]23C)/C1=C(\CCC=C(C)C)C(=O)O. The first-order valence-corrected chi connectivity index (χ1v) is 14.7. The van der Waals surface area contributed by atoms with Gasteiger partial charge in [0.05, 0.1) is 0 Å². The van der Waals surface area contributed by atoms with Crippen LogP contribution in [0.1, 0.15) is 87.5 Å². The molecule has 4 aliphatic carbocycles. The van der Waals surface area contributed by atoms with Gasteiger partial charge in [-0.15, -0.1) is 0 Å². The van der Waals surface area contributed by atoms with E-state index < -0.39 is 58.2 Å². The number of hydrogen-bond acceptors (Lipinski definition) is 7. The number of ether oxygens (including phenoxy) is 2. The maximum atomic E-state index is 14.7. The van der Waals surface area contributed by atoms with Gasteiger partial charge in [-0.25, -0.2) is 4.79 Å². The summed E-state index contributed by atoms with van der Waals surface area (Å²) in [5, 5.41) is 10.4. The summed E-state index contributed by atoms with van der Waals surface area (Å²) in [6, 6.07) is 0. The number of carboxylic acid groups (broad SMARTS) is 1. The van der Waals surface area contributed by atoms with E-state index in [0.717, 1.165) is 5.57 Å². The van der Waals surface area contributed by atoms with Crippen molar-refractivity contribution in [2.45, 2.75) is 99.7 Å². The van der Waals surface area contributed by atoms with Crippen LogP contribution in [-0.2, 0) is 33.4 Å². The number of carbonyl (C=O) groups excluding carboxylic acids is 4. The average Bonchev–Trinajstić information content (AvgIpc) is 3.14. The van der Waals surface area contributed by atoms with E-state index in [4.69, 9.17) is 9.47 Å². The predicted molar refractivity (Wildman–Crippen MR) is 151 cm³/mol. The predicted octanol–water partition coefficient (Wildman–Crippen LogP) is 5.40. The minimum absolute atomic E-state index is 0.0931. The summed E-state index contributed by atoms with van der Waals surface area (Å²) in [7, 11) is 0. The van der Waals surface area contributed by atoms with Gasteiger partial charge in [0, 0.05) is 36.7 Å². The van der Waals surface area contributed by atoms with Crippen LogP contribution >= 0.6 is 0 Å². The first-order valence-electron chi connectivity index (χ1n) is 14.7. The van der Waals surface area contributed by atoms with Crippen molar-refractivity contribution >= 4 is 29.5 Å². The monoisotopic (exact) mass is 568 g/mol. The molecule has 224 valence electrons. The molecule has 8 nitrogen and oxygen atoms in total. The van der Waals surface area contributed by atoms with Crippen LogP contribution in [0.4, 0.5) is 0 Å². The number of aliphatic carboxylic acids is 1. The maximum absolute atomic E-state index is 14.7. The molecule has 0 aromatic heterocycles. The lowest BCUT2D eigenvalue weighted by atomic mass is 9.37. The second-order valence-electron chi connectivity index (χ2n) is 13.5. The number of carbonyl (C=O) groups is 5. The van der Waals surface area contributed by atoms with Gasteiger partial charge >= 0.3 is 17.9 Å². The third kappa shape index (κ3) is 4.71. The zero-order valence-electron chi connectivity index (χ0n) is 25.5. The molecule has 0 amide bonds. The van der Waals surface area contributed by atoms with Crippen molar-refractivity contribution in [3.63, 3.8) is 0 Å². The number of fused-ring (bicyclic) bond motifs is 5. The fourth-order valence-corrected chi connectivity index (χ4v) is 9.19. The Bertz CT molecular complexity index is 1270. The van der Waals surface area contributed by atoms with Gasteiger partial charge in [-0.05, 0) is 80.3 Å². The van der Waals surface area contributed by atoms with E-state index in [2.05, 4.69) is 6.92 Å². The fourth-order valence-electron chi connectivity index (χ4n) is 9.19. The topological polar surface area (TPSA) is 124 Å². The maximum Gasteiger partial charge on any atom is 0.331 e. The summed E-state index contributed by atoms with van der Waals surface area (Å²) in [6.45, 7) is 14.3. The molecule has 8 heteroatoms. The fraction of sp³-hybridized carbons (Fsp3) is 0.667.